The second-order valence-corrected chi connectivity index (χ2v) is 5.65. The Balaban J connectivity index is 1.83. The topological polar surface area (TPSA) is 68.0 Å². The lowest BCUT2D eigenvalue weighted by atomic mass is 10.3. The normalized spacial score (nSPS) is 22.7. The summed E-state index contributed by atoms with van der Waals surface area (Å²) in [6, 6.07) is 5.82. The number of anilines is 1. The molecule has 0 bridgehead atoms. The summed E-state index contributed by atoms with van der Waals surface area (Å²) in [7, 11) is 0. The smallest absolute Gasteiger partial charge is 0.229 e. The molecule has 2 atom stereocenters. The number of aryl methyl sites for hydroxylation is 1. The molecule has 0 aliphatic heterocycles. The maximum Gasteiger partial charge on any atom is 0.229 e. The van der Waals surface area contributed by atoms with Crippen LogP contribution in [0.4, 0.5) is 5.69 Å². The highest BCUT2D eigenvalue weighted by molar-refractivity contribution is 7.18. The van der Waals surface area contributed by atoms with Crippen molar-refractivity contribution in [3.63, 3.8) is 0 Å². The number of benzene rings is 1. The van der Waals surface area contributed by atoms with Gasteiger partial charge in [0.15, 0.2) is 0 Å². The van der Waals surface area contributed by atoms with Crippen molar-refractivity contribution >= 4 is 33.1 Å². The highest BCUT2D eigenvalue weighted by atomic mass is 32.1. The van der Waals surface area contributed by atoms with Crippen molar-refractivity contribution in [2.75, 3.05) is 5.32 Å². The lowest BCUT2D eigenvalue weighted by Crippen LogP contribution is -2.18. The molecule has 1 heterocycles. The number of carbonyl (C=O) groups is 1. The Hall–Kier alpha value is -1.46. The van der Waals surface area contributed by atoms with Crippen LogP contribution in [0.2, 0.25) is 0 Å². The third-order valence-corrected chi connectivity index (χ3v) is 3.87. The number of nitrogens with two attached hydrogens (primary N) is 1. The lowest BCUT2D eigenvalue weighted by Gasteiger charge is -2.03. The highest BCUT2D eigenvalue weighted by Gasteiger charge is 2.39. The number of nitrogens with one attached hydrogen (secondary N) is 1. The van der Waals surface area contributed by atoms with Crippen LogP contribution in [0.3, 0.4) is 0 Å². The Morgan fingerprint density at radius 2 is 2.35 bits per heavy atom. The van der Waals surface area contributed by atoms with Gasteiger partial charge in [-0.15, -0.1) is 11.3 Å². The van der Waals surface area contributed by atoms with Gasteiger partial charge in [-0.2, -0.15) is 0 Å². The predicted octanol–water partition coefficient (Wildman–Crippen LogP) is 1.89. The van der Waals surface area contributed by atoms with Crippen molar-refractivity contribution in [3.8, 4) is 0 Å². The molecule has 1 aromatic carbocycles. The van der Waals surface area contributed by atoms with Crippen LogP contribution in [0.5, 0.6) is 0 Å². The minimum Gasteiger partial charge on any atom is -0.327 e. The van der Waals surface area contributed by atoms with E-state index in [4.69, 9.17) is 5.73 Å². The van der Waals surface area contributed by atoms with Crippen molar-refractivity contribution < 1.29 is 4.79 Å². The first kappa shape index (κ1) is 10.7. The number of hydrogen-bond donors (Lipinski definition) is 2. The molecular formula is C12H13N3OS. The largest absolute Gasteiger partial charge is 0.327 e. The standard InChI is InChI=1S/C12H13N3OS/c1-6-14-10-3-2-7(4-11(10)17-6)15-12(16)8-5-9(8)13/h2-4,8-9H,5,13H2,1H3,(H,15,16). The van der Waals surface area contributed by atoms with E-state index in [1.807, 2.05) is 25.1 Å². The predicted molar refractivity (Wildman–Crippen MR) is 69.1 cm³/mol. The highest BCUT2D eigenvalue weighted by Crippen LogP contribution is 2.30. The zero-order valence-electron chi connectivity index (χ0n) is 9.43. The molecule has 2 unspecified atom stereocenters. The van der Waals surface area contributed by atoms with E-state index in [1.165, 1.54) is 0 Å². The summed E-state index contributed by atoms with van der Waals surface area (Å²) in [5, 5.41) is 3.93. The number of nitrogens with zero attached hydrogens (tertiary/aromatic N) is 1. The van der Waals surface area contributed by atoms with E-state index < -0.39 is 0 Å². The zero-order valence-corrected chi connectivity index (χ0v) is 10.3. The van der Waals surface area contributed by atoms with Crippen LogP contribution in [0.25, 0.3) is 10.2 Å². The van der Waals surface area contributed by atoms with Crippen molar-refractivity contribution in [1.82, 2.24) is 4.98 Å². The fourth-order valence-corrected chi connectivity index (χ4v) is 2.74. The molecule has 2 aromatic rings. The van der Waals surface area contributed by atoms with Gasteiger partial charge in [-0.25, -0.2) is 4.98 Å². The average molecular weight is 247 g/mol. The van der Waals surface area contributed by atoms with E-state index >= 15 is 0 Å². The zero-order chi connectivity index (χ0) is 12.0. The summed E-state index contributed by atoms with van der Waals surface area (Å²) in [5.74, 6) is 0.0204. The van der Waals surface area contributed by atoms with Gasteiger partial charge in [-0.3, -0.25) is 4.79 Å². The van der Waals surface area contributed by atoms with E-state index in [9.17, 15) is 4.79 Å². The Bertz CT molecular complexity index is 592. The van der Waals surface area contributed by atoms with E-state index in [2.05, 4.69) is 10.3 Å². The van der Waals surface area contributed by atoms with Crippen LogP contribution in [0, 0.1) is 12.8 Å². The molecule has 0 radical (unpaired) electrons. The second kappa shape index (κ2) is 3.78. The summed E-state index contributed by atoms with van der Waals surface area (Å²) in [6.45, 7) is 1.98. The number of thiazole rings is 1. The van der Waals surface area contributed by atoms with E-state index in [0.717, 1.165) is 27.3 Å². The Morgan fingerprint density at radius 1 is 1.59 bits per heavy atom. The molecule has 1 aliphatic rings. The molecule has 88 valence electrons. The number of rotatable bonds is 2. The molecular weight excluding hydrogens is 234 g/mol. The van der Waals surface area contributed by atoms with Gasteiger partial charge < -0.3 is 11.1 Å². The number of hydrogen-bond acceptors (Lipinski definition) is 4. The molecule has 1 aliphatic carbocycles. The maximum atomic E-state index is 11.7. The van der Waals surface area contributed by atoms with E-state index in [-0.39, 0.29) is 17.9 Å². The minimum atomic E-state index is -0.00565. The molecule has 1 amide bonds. The number of aromatic nitrogens is 1. The van der Waals surface area contributed by atoms with Crippen molar-refractivity contribution in [3.05, 3.63) is 23.2 Å². The van der Waals surface area contributed by atoms with Crippen LogP contribution < -0.4 is 11.1 Å². The molecule has 0 saturated heterocycles. The first-order valence-electron chi connectivity index (χ1n) is 5.57. The van der Waals surface area contributed by atoms with E-state index in [1.54, 1.807) is 11.3 Å². The van der Waals surface area contributed by atoms with Gasteiger partial charge in [0, 0.05) is 11.7 Å². The van der Waals surface area contributed by atoms with Crippen molar-refractivity contribution in [1.29, 1.82) is 0 Å². The van der Waals surface area contributed by atoms with Crippen LogP contribution in [0.15, 0.2) is 18.2 Å². The fraction of sp³-hybridized carbons (Fsp3) is 0.333. The number of amides is 1. The van der Waals surface area contributed by atoms with Crippen molar-refractivity contribution in [2.24, 2.45) is 11.7 Å². The monoisotopic (exact) mass is 247 g/mol. The van der Waals surface area contributed by atoms with Crippen LogP contribution in [-0.4, -0.2) is 16.9 Å². The molecule has 1 aromatic heterocycles. The number of carbonyl (C=O) groups excluding carboxylic acids is 1. The lowest BCUT2D eigenvalue weighted by molar-refractivity contribution is -0.117. The number of fused-ring (bicyclic) bond motifs is 1. The second-order valence-electron chi connectivity index (χ2n) is 4.41. The average Bonchev–Trinajstić information content (AvgIpc) is 2.87. The molecule has 3 rings (SSSR count). The minimum absolute atomic E-state index is 0.00565. The SMILES string of the molecule is Cc1nc2ccc(NC(=O)C3CC3N)cc2s1. The quantitative estimate of drug-likeness (QED) is 0.851. The molecule has 1 fully saturated rings. The summed E-state index contributed by atoms with van der Waals surface area (Å²) >= 11 is 1.63. The fourth-order valence-electron chi connectivity index (χ4n) is 1.87. The Morgan fingerprint density at radius 3 is 3.06 bits per heavy atom. The van der Waals surface area contributed by atoms with E-state index in [0.29, 0.717) is 0 Å². The third-order valence-electron chi connectivity index (χ3n) is 2.94. The summed E-state index contributed by atoms with van der Waals surface area (Å²) in [5.41, 5.74) is 7.45. The van der Waals surface area contributed by atoms with Crippen LogP contribution in [0.1, 0.15) is 11.4 Å². The first-order valence-corrected chi connectivity index (χ1v) is 6.39. The van der Waals surface area contributed by atoms with Crippen molar-refractivity contribution in [2.45, 2.75) is 19.4 Å². The van der Waals surface area contributed by atoms with Gasteiger partial charge in [0.25, 0.3) is 0 Å². The Labute approximate surface area is 103 Å². The maximum absolute atomic E-state index is 11.7. The van der Waals surface area contributed by atoms with Gasteiger partial charge in [-0.05, 0) is 31.5 Å². The van der Waals surface area contributed by atoms with Gasteiger partial charge in [0.05, 0.1) is 21.1 Å². The third kappa shape index (κ3) is 2.03. The summed E-state index contributed by atoms with van der Waals surface area (Å²) in [6.07, 6.45) is 0.799. The van der Waals surface area contributed by atoms with Gasteiger partial charge >= 0.3 is 0 Å². The molecule has 3 N–H and O–H groups in total. The Kier molecular flexibility index (Phi) is 2.38. The first-order chi connectivity index (χ1) is 8.13. The molecule has 17 heavy (non-hydrogen) atoms. The van der Waals surface area contributed by atoms with Gasteiger partial charge in [0.2, 0.25) is 5.91 Å². The van der Waals surface area contributed by atoms with Crippen LogP contribution in [-0.2, 0) is 4.79 Å². The molecule has 0 spiro atoms. The molecule has 4 nitrogen and oxygen atoms in total. The van der Waals surface area contributed by atoms with Gasteiger partial charge in [0.1, 0.15) is 0 Å². The van der Waals surface area contributed by atoms with Crippen LogP contribution >= 0.6 is 11.3 Å². The summed E-state index contributed by atoms with van der Waals surface area (Å²) in [4.78, 5) is 16.1. The summed E-state index contributed by atoms with van der Waals surface area (Å²) < 4.78 is 1.10. The van der Waals surface area contributed by atoms with Gasteiger partial charge in [-0.1, -0.05) is 0 Å². The molecule has 5 heteroatoms. The molecule has 1 saturated carbocycles.